The Morgan fingerprint density at radius 3 is 2.65 bits per heavy atom. The second-order valence-electron chi connectivity index (χ2n) is 5.69. The third-order valence-corrected chi connectivity index (χ3v) is 3.93. The summed E-state index contributed by atoms with van der Waals surface area (Å²) in [6.07, 6.45) is 3.80. The molecule has 0 aliphatic heterocycles. The number of hydrogen-bond donors (Lipinski definition) is 2. The molecule has 110 valence electrons. The molecular weight excluding hydrogens is 361 g/mol. The monoisotopic (exact) mass is 385 g/mol. The fourth-order valence-electron chi connectivity index (χ4n) is 2.59. The summed E-state index contributed by atoms with van der Waals surface area (Å²) in [4.78, 5) is 4.53. The first kappa shape index (κ1) is 15.6. The summed E-state index contributed by atoms with van der Waals surface area (Å²) in [5, 5.41) is 7.07. The van der Waals surface area contributed by atoms with Crippen molar-refractivity contribution >= 4 is 29.9 Å². The fourth-order valence-corrected chi connectivity index (χ4v) is 2.59. The molecule has 0 aromatic heterocycles. The maximum absolute atomic E-state index is 4.53. The summed E-state index contributed by atoms with van der Waals surface area (Å²) >= 11 is 0. The lowest BCUT2D eigenvalue weighted by Gasteiger charge is -2.12. The van der Waals surface area contributed by atoms with E-state index >= 15 is 0 Å². The van der Waals surface area contributed by atoms with Crippen LogP contribution in [0.4, 0.5) is 0 Å². The van der Waals surface area contributed by atoms with Crippen molar-refractivity contribution < 1.29 is 0 Å². The number of hydrogen-bond acceptors (Lipinski definition) is 1. The normalized spacial score (nSPS) is 24.8. The predicted octanol–water partition coefficient (Wildman–Crippen LogP) is 3.19. The van der Waals surface area contributed by atoms with Gasteiger partial charge in [-0.25, -0.2) is 0 Å². The zero-order valence-electron chi connectivity index (χ0n) is 12.2. The molecule has 2 N–H and O–H groups in total. The van der Waals surface area contributed by atoms with Crippen molar-refractivity contribution in [3.05, 3.63) is 35.4 Å². The van der Waals surface area contributed by atoms with E-state index in [1.165, 1.54) is 30.4 Å². The second kappa shape index (κ2) is 6.78. The fraction of sp³-hybridized carbons (Fsp3) is 0.562. The van der Waals surface area contributed by atoms with Gasteiger partial charge in [-0.1, -0.05) is 24.3 Å². The molecule has 2 saturated carbocycles. The summed E-state index contributed by atoms with van der Waals surface area (Å²) in [6.45, 7) is 5.12. The van der Waals surface area contributed by atoms with Crippen LogP contribution >= 0.6 is 24.0 Å². The molecule has 2 fully saturated rings. The van der Waals surface area contributed by atoms with E-state index in [0.717, 1.165) is 12.5 Å². The number of nitrogens with one attached hydrogen (secondary N) is 2. The number of benzene rings is 1. The Morgan fingerprint density at radius 1 is 1.25 bits per heavy atom. The van der Waals surface area contributed by atoms with E-state index in [2.05, 4.69) is 53.7 Å². The van der Waals surface area contributed by atoms with Crippen LogP contribution in [0.2, 0.25) is 0 Å². The van der Waals surface area contributed by atoms with Gasteiger partial charge in [0.15, 0.2) is 5.96 Å². The lowest BCUT2D eigenvalue weighted by Crippen LogP contribution is -2.40. The molecule has 2 aliphatic carbocycles. The Kier molecular flexibility index (Phi) is 5.29. The predicted molar refractivity (Wildman–Crippen MR) is 95.0 cm³/mol. The van der Waals surface area contributed by atoms with Crippen molar-refractivity contribution in [2.24, 2.45) is 4.99 Å². The molecule has 2 atom stereocenters. The van der Waals surface area contributed by atoms with Gasteiger partial charge in [0.25, 0.3) is 0 Å². The molecule has 4 heteroatoms. The molecule has 1 aromatic rings. The minimum Gasteiger partial charge on any atom is -0.354 e. The van der Waals surface area contributed by atoms with Crippen LogP contribution in [-0.2, 0) is 0 Å². The highest BCUT2D eigenvalue weighted by Crippen LogP contribution is 2.42. The van der Waals surface area contributed by atoms with Crippen LogP contribution in [0.15, 0.2) is 29.3 Å². The van der Waals surface area contributed by atoms with Crippen molar-refractivity contribution in [1.82, 2.24) is 10.6 Å². The minimum atomic E-state index is 0. The lowest BCUT2D eigenvalue weighted by molar-refractivity contribution is 0.780. The largest absolute Gasteiger partial charge is 0.354 e. The molecule has 2 unspecified atom stereocenters. The smallest absolute Gasteiger partial charge is 0.191 e. The Labute approximate surface area is 138 Å². The molecular formula is C16H24IN3. The third-order valence-electron chi connectivity index (χ3n) is 3.93. The van der Waals surface area contributed by atoms with Gasteiger partial charge in [-0.15, -0.1) is 24.0 Å². The quantitative estimate of drug-likeness (QED) is 0.475. The number of nitrogens with zero attached hydrogens (tertiary/aromatic N) is 1. The first-order chi connectivity index (χ1) is 9.28. The summed E-state index contributed by atoms with van der Waals surface area (Å²) in [5.41, 5.74) is 2.89. The van der Waals surface area contributed by atoms with Gasteiger partial charge >= 0.3 is 0 Å². The second-order valence-corrected chi connectivity index (χ2v) is 5.69. The molecule has 2 aliphatic rings. The number of guanidine groups is 1. The van der Waals surface area contributed by atoms with E-state index in [0.29, 0.717) is 18.0 Å². The van der Waals surface area contributed by atoms with Gasteiger partial charge in [-0.05, 0) is 44.2 Å². The first-order valence-corrected chi connectivity index (χ1v) is 7.41. The zero-order chi connectivity index (χ0) is 13.2. The molecule has 0 amide bonds. The van der Waals surface area contributed by atoms with Gasteiger partial charge in [-0.3, -0.25) is 4.99 Å². The van der Waals surface area contributed by atoms with Crippen molar-refractivity contribution in [2.75, 3.05) is 6.54 Å². The van der Waals surface area contributed by atoms with Crippen LogP contribution in [0, 0.1) is 6.92 Å². The third kappa shape index (κ3) is 3.87. The average Bonchev–Trinajstić information content (AvgIpc) is 3.28. The van der Waals surface area contributed by atoms with Crippen LogP contribution in [-0.4, -0.2) is 24.6 Å². The molecule has 0 heterocycles. The van der Waals surface area contributed by atoms with E-state index in [1.54, 1.807) is 0 Å². The van der Waals surface area contributed by atoms with Crippen molar-refractivity contribution in [3.63, 3.8) is 0 Å². The summed E-state index contributed by atoms with van der Waals surface area (Å²) < 4.78 is 0. The number of rotatable bonds is 4. The molecule has 3 rings (SSSR count). The van der Waals surface area contributed by atoms with Crippen LogP contribution < -0.4 is 10.6 Å². The zero-order valence-corrected chi connectivity index (χ0v) is 14.6. The first-order valence-electron chi connectivity index (χ1n) is 7.41. The van der Waals surface area contributed by atoms with E-state index in [9.17, 15) is 0 Å². The van der Waals surface area contributed by atoms with E-state index in [1.807, 2.05) is 0 Å². The number of halogens is 1. The van der Waals surface area contributed by atoms with Crippen molar-refractivity contribution in [3.8, 4) is 0 Å². The van der Waals surface area contributed by atoms with Gasteiger partial charge in [0.2, 0.25) is 0 Å². The van der Waals surface area contributed by atoms with Gasteiger partial charge in [0.1, 0.15) is 0 Å². The van der Waals surface area contributed by atoms with Crippen LogP contribution in [0.3, 0.4) is 0 Å². The highest BCUT2D eigenvalue weighted by Gasteiger charge is 2.40. The molecule has 0 radical (unpaired) electrons. The van der Waals surface area contributed by atoms with Gasteiger partial charge < -0.3 is 10.6 Å². The molecule has 0 bridgehead atoms. The van der Waals surface area contributed by atoms with E-state index in [-0.39, 0.29) is 24.0 Å². The van der Waals surface area contributed by atoms with Gasteiger partial charge in [-0.2, -0.15) is 0 Å². The Bertz CT molecular complexity index is 482. The molecule has 20 heavy (non-hydrogen) atoms. The van der Waals surface area contributed by atoms with Gasteiger partial charge in [0.05, 0.1) is 0 Å². The van der Waals surface area contributed by atoms with Crippen LogP contribution in [0.1, 0.15) is 43.2 Å². The minimum absolute atomic E-state index is 0. The topological polar surface area (TPSA) is 36.4 Å². The summed E-state index contributed by atoms with van der Waals surface area (Å²) in [5.74, 6) is 1.66. The maximum atomic E-state index is 4.53. The SMILES string of the molecule is CCN=C(NC1CC1)NC1CC1c1ccccc1C.I. The van der Waals surface area contributed by atoms with Crippen molar-refractivity contribution in [2.45, 2.75) is 51.1 Å². The van der Waals surface area contributed by atoms with Gasteiger partial charge in [0, 0.05) is 24.5 Å². The van der Waals surface area contributed by atoms with E-state index < -0.39 is 0 Å². The Hall–Kier alpha value is -0.780. The van der Waals surface area contributed by atoms with Crippen molar-refractivity contribution in [1.29, 1.82) is 0 Å². The maximum Gasteiger partial charge on any atom is 0.191 e. The number of aryl methyl sites for hydroxylation is 1. The number of aliphatic imine (C=N–C) groups is 1. The summed E-state index contributed by atoms with van der Waals surface area (Å²) in [7, 11) is 0. The molecule has 1 aromatic carbocycles. The lowest BCUT2D eigenvalue weighted by atomic mass is 10.0. The standard InChI is InChI=1S/C16H23N3.HI/c1-3-17-16(18-12-8-9-12)19-15-10-14(15)13-7-5-4-6-11(13)2;/h4-7,12,14-15H,3,8-10H2,1-2H3,(H2,17,18,19);1H. The average molecular weight is 385 g/mol. The summed E-state index contributed by atoms with van der Waals surface area (Å²) in [6, 6.07) is 9.93. The highest BCUT2D eigenvalue weighted by molar-refractivity contribution is 14.0. The van der Waals surface area contributed by atoms with Crippen LogP contribution in [0.25, 0.3) is 0 Å². The molecule has 3 nitrogen and oxygen atoms in total. The molecule has 0 spiro atoms. The Morgan fingerprint density at radius 2 is 2.00 bits per heavy atom. The van der Waals surface area contributed by atoms with E-state index in [4.69, 9.17) is 0 Å². The molecule has 0 saturated heterocycles. The van der Waals surface area contributed by atoms with Crippen LogP contribution in [0.5, 0.6) is 0 Å². The Balaban J connectivity index is 0.00000147. The highest BCUT2D eigenvalue weighted by atomic mass is 127.